The molecule has 2 rings (SSSR count). The van der Waals surface area contributed by atoms with Crippen LogP contribution in [-0.2, 0) is 4.74 Å². The average Bonchev–Trinajstić information content (AvgIpc) is 2.81. The lowest BCUT2D eigenvalue weighted by Gasteiger charge is -2.16. The summed E-state index contributed by atoms with van der Waals surface area (Å²) in [4.78, 5) is 11.9. The van der Waals surface area contributed by atoms with Crippen molar-refractivity contribution in [2.45, 2.75) is 6.36 Å². The molecule has 0 aliphatic heterocycles. The van der Waals surface area contributed by atoms with E-state index < -0.39 is 18.1 Å². The molecule has 2 aromatic rings. The Morgan fingerprint density at radius 3 is 2.62 bits per heavy atom. The molecule has 6 nitrogen and oxygen atoms in total. The standard InChI is InChI=1S/C14H9BrF3N3O3/c1-23-13(22)12-11(20)7(5-19)6-21(12)9-3-2-8(15)4-10(9)24-14(16,17)18/h2-4,6H,20H2,1H3. The zero-order chi connectivity index (χ0) is 18.1. The van der Waals surface area contributed by atoms with E-state index in [-0.39, 0.29) is 22.6 Å². The molecule has 0 aliphatic carbocycles. The fourth-order valence-corrected chi connectivity index (χ4v) is 2.34. The Balaban J connectivity index is 2.73. The first-order valence-electron chi connectivity index (χ1n) is 6.23. The van der Waals surface area contributed by atoms with Gasteiger partial charge in [0.1, 0.15) is 6.07 Å². The van der Waals surface area contributed by atoms with E-state index in [1.165, 1.54) is 12.1 Å². The van der Waals surface area contributed by atoms with Gasteiger partial charge in [-0.2, -0.15) is 5.26 Å². The number of nitrogens with two attached hydrogens (primary N) is 1. The van der Waals surface area contributed by atoms with Gasteiger partial charge in [0.2, 0.25) is 0 Å². The SMILES string of the molecule is COC(=O)c1c(N)c(C#N)cn1-c1ccc(Br)cc1OC(F)(F)F. The molecule has 1 heterocycles. The summed E-state index contributed by atoms with van der Waals surface area (Å²) in [7, 11) is 1.08. The summed E-state index contributed by atoms with van der Waals surface area (Å²) in [6.07, 6.45) is -3.81. The van der Waals surface area contributed by atoms with Crippen LogP contribution in [0.3, 0.4) is 0 Å². The molecule has 126 valence electrons. The van der Waals surface area contributed by atoms with Crippen LogP contribution in [0, 0.1) is 11.3 Å². The molecule has 2 N–H and O–H groups in total. The fraction of sp³-hybridized carbons (Fsp3) is 0.143. The van der Waals surface area contributed by atoms with Crippen LogP contribution >= 0.6 is 15.9 Å². The van der Waals surface area contributed by atoms with E-state index in [2.05, 4.69) is 25.4 Å². The van der Waals surface area contributed by atoms with Crippen LogP contribution in [0.2, 0.25) is 0 Å². The first kappa shape index (κ1) is 17.7. The Morgan fingerprint density at radius 2 is 2.08 bits per heavy atom. The number of halogens is 4. The average molecular weight is 404 g/mol. The molecule has 1 aromatic carbocycles. The number of hydrogen-bond acceptors (Lipinski definition) is 5. The Bertz CT molecular complexity index is 840. The maximum atomic E-state index is 12.6. The maximum absolute atomic E-state index is 12.6. The van der Waals surface area contributed by atoms with Crippen LogP contribution in [0.25, 0.3) is 5.69 Å². The summed E-state index contributed by atoms with van der Waals surface area (Å²) in [6.45, 7) is 0. The largest absolute Gasteiger partial charge is 0.573 e. The molecule has 0 aliphatic rings. The third-order valence-corrected chi connectivity index (χ3v) is 3.44. The van der Waals surface area contributed by atoms with E-state index in [4.69, 9.17) is 11.0 Å². The number of rotatable bonds is 3. The Hall–Kier alpha value is -2.67. The highest BCUT2D eigenvalue weighted by atomic mass is 79.9. The zero-order valence-corrected chi connectivity index (χ0v) is 13.6. The minimum absolute atomic E-state index is 0.0868. The normalized spacial score (nSPS) is 11.0. The second kappa shape index (κ2) is 6.45. The van der Waals surface area contributed by atoms with E-state index >= 15 is 0 Å². The van der Waals surface area contributed by atoms with Crippen molar-refractivity contribution in [3.8, 4) is 17.5 Å². The Labute approximate surface area is 142 Å². The smallest absolute Gasteiger partial charge is 0.464 e. The lowest BCUT2D eigenvalue weighted by atomic mass is 10.2. The Kier molecular flexibility index (Phi) is 4.75. The van der Waals surface area contributed by atoms with E-state index in [1.54, 1.807) is 6.07 Å². The lowest BCUT2D eigenvalue weighted by molar-refractivity contribution is -0.274. The van der Waals surface area contributed by atoms with Gasteiger partial charge in [0, 0.05) is 10.7 Å². The first-order valence-corrected chi connectivity index (χ1v) is 7.02. The number of aromatic nitrogens is 1. The number of carbonyl (C=O) groups is 1. The number of alkyl halides is 3. The van der Waals surface area contributed by atoms with Crippen molar-refractivity contribution in [1.29, 1.82) is 5.26 Å². The van der Waals surface area contributed by atoms with Crippen molar-refractivity contribution < 1.29 is 27.4 Å². The van der Waals surface area contributed by atoms with Crippen molar-refractivity contribution in [1.82, 2.24) is 4.57 Å². The molecule has 0 saturated heterocycles. The number of benzene rings is 1. The molecule has 0 saturated carbocycles. The number of hydrogen-bond donors (Lipinski definition) is 1. The van der Waals surface area contributed by atoms with Crippen molar-refractivity contribution in [2.75, 3.05) is 12.8 Å². The summed E-state index contributed by atoms with van der Waals surface area (Å²) in [5, 5.41) is 9.04. The third-order valence-electron chi connectivity index (χ3n) is 2.95. The maximum Gasteiger partial charge on any atom is 0.573 e. The van der Waals surface area contributed by atoms with E-state index in [0.29, 0.717) is 4.47 Å². The van der Waals surface area contributed by atoms with Gasteiger partial charge in [0.15, 0.2) is 11.4 Å². The number of nitriles is 1. The summed E-state index contributed by atoms with van der Waals surface area (Å²) >= 11 is 3.05. The second-order valence-electron chi connectivity index (χ2n) is 4.44. The molecule has 0 fully saturated rings. The molecule has 0 atom stereocenters. The minimum atomic E-state index is -4.95. The summed E-state index contributed by atoms with van der Waals surface area (Å²) in [5.74, 6) is -1.49. The highest BCUT2D eigenvalue weighted by Gasteiger charge is 2.33. The molecule has 0 unspecified atom stereocenters. The van der Waals surface area contributed by atoms with Crippen molar-refractivity contribution in [3.63, 3.8) is 0 Å². The molecule has 0 radical (unpaired) electrons. The fourth-order valence-electron chi connectivity index (χ4n) is 2.00. The number of esters is 1. The van der Waals surface area contributed by atoms with Crippen molar-refractivity contribution in [2.24, 2.45) is 0 Å². The van der Waals surface area contributed by atoms with Crippen LogP contribution in [0.15, 0.2) is 28.9 Å². The molecule has 1 aromatic heterocycles. The van der Waals surface area contributed by atoms with Gasteiger partial charge in [-0.05, 0) is 18.2 Å². The zero-order valence-electron chi connectivity index (χ0n) is 12.0. The molecule has 0 amide bonds. The van der Waals surface area contributed by atoms with Crippen LogP contribution in [0.1, 0.15) is 16.1 Å². The van der Waals surface area contributed by atoms with E-state index in [0.717, 1.165) is 23.9 Å². The number of nitrogens with zero attached hydrogens (tertiary/aromatic N) is 2. The monoisotopic (exact) mass is 403 g/mol. The van der Waals surface area contributed by atoms with Gasteiger partial charge in [-0.15, -0.1) is 13.2 Å². The minimum Gasteiger partial charge on any atom is -0.464 e. The number of methoxy groups -OCH3 is 1. The molecule has 10 heteroatoms. The number of anilines is 1. The number of ether oxygens (including phenoxy) is 2. The molecular weight excluding hydrogens is 395 g/mol. The van der Waals surface area contributed by atoms with Gasteiger partial charge in [0.05, 0.1) is 24.0 Å². The highest BCUT2D eigenvalue weighted by Crippen LogP contribution is 2.35. The van der Waals surface area contributed by atoms with Gasteiger partial charge in [-0.1, -0.05) is 15.9 Å². The van der Waals surface area contributed by atoms with Gasteiger partial charge < -0.3 is 19.8 Å². The van der Waals surface area contributed by atoms with Gasteiger partial charge >= 0.3 is 12.3 Å². The third kappa shape index (κ3) is 3.46. The number of carbonyl (C=O) groups excluding carboxylic acids is 1. The predicted octanol–water partition coefficient (Wildman–Crippen LogP) is 3.38. The van der Waals surface area contributed by atoms with E-state index in [1.807, 2.05) is 0 Å². The van der Waals surface area contributed by atoms with Crippen LogP contribution in [0.5, 0.6) is 5.75 Å². The molecule has 0 bridgehead atoms. The quantitative estimate of drug-likeness (QED) is 0.793. The molecular formula is C14H9BrF3N3O3. The molecule has 0 spiro atoms. The summed E-state index contributed by atoms with van der Waals surface area (Å²) < 4.78 is 47.8. The van der Waals surface area contributed by atoms with Crippen molar-refractivity contribution in [3.05, 3.63) is 40.1 Å². The second-order valence-corrected chi connectivity index (χ2v) is 5.35. The molecule has 24 heavy (non-hydrogen) atoms. The van der Waals surface area contributed by atoms with Gasteiger partial charge in [-0.3, -0.25) is 0 Å². The predicted molar refractivity (Wildman–Crippen MR) is 80.6 cm³/mol. The van der Waals surface area contributed by atoms with Crippen LogP contribution in [0.4, 0.5) is 18.9 Å². The first-order chi connectivity index (χ1) is 11.2. The highest BCUT2D eigenvalue weighted by molar-refractivity contribution is 9.10. The Morgan fingerprint density at radius 1 is 1.42 bits per heavy atom. The lowest BCUT2D eigenvalue weighted by Crippen LogP contribution is -2.19. The number of nitrogen functional groups attached to an aromatic ring is 1. The van der Waals surface area contributed by atoms with Crippen molar-refractivity contribution >= 4 is 27.6 Å². The topological polar surface area (TPSA) is 90.3 Å². The van der Waals surface area contributed by atoms with Gasteiger partial charge in [-0.25, -0.2) is 4.79 Å². The van der Waals surface area contributed by atoms with Crippen LogP contribution < -0.4 is 10.5 Å². The summed E-state index contributed by atoms with van der Waals surface area (Å²) in [6, 6.07) is 5.56. The summed E-state index contributed by atoms with van der Waals surface area (Å²) in [5.41, 5.74) is 5.02. The van der Waals surface area contributed by atoms with Crippen LogP contribution in [-0.4, -0.2) is 24.0 Å². The van der Waals surface area contributed by atoms with Gasteiger partial charge in [0.25, 0.3) is 0 Å². The van der Waals surface area contributed by atoms with E-state index in [9.17, 15) is 18.0 Å².